The molecule has 1 N–H and O–H groups in total. The first-order valence-electron chi connectivity index (χ1n) is 6.91. The third kappa shape index (κ3) is 2.56. The molecule has 0 saturated carbocycles. The van der Waals surface area contributed by atoms with Crippen molar-refractivity contribution in [3.63, 3.8) is 0 Å². The summed E-state index contributed by atoms with van der Waals surface area (Å²) in [5.41, 5.74) is 3.51. The minimum atomic E-state index is 0.799. The minimum Gasteiger partial charge on any atom is -0.328 e. The summed E-state index contributed by atoms with van der Waals surface area (Å²) in [4.78, 5) is 8.69. The lowest BCUT2D eigenvalue weighted by Crippen LogP contribution is -2.11. The standard InChI is InChI=1S/C16H18N4/c1-2-17-10-14-12-20(11-13-5-3-7-18-9-13)16-15(14)6-4-8-19-16/h3-9,12,17H,2,10-11H2,1H3. The lowest BCUT2D eigenvalue weighted by Gasteiger charge is -2.03. The van der Waals surface area contributed by atoms with E-state index in [1.807, 2.05) is 24.5 Å². The normalized spacial score (nSPS) is 11.1. The average molecular weight is 266 g/mol. The molecule has 0 bridgehead atoms. The van der Waals surface area contributed by atoms with E-state index in [0.29, 0.717) is 0 Å². The van der Waals surface area contributed by atoms with Crippen LogP contribution in [0.3, 0.4) is 0 Å². The van der Waals surface area contributed by atoms with Gasteiger partial charge < -0.3 is 9.88 Å². The Bertz CT molecular complexity index is 688. The van der Waals surface area contributed by atoms with Crippen molar-refractivity contribution in [2.45, 2.75) is 20.0 Å². The molecule has 0 radical (unpaired) electrons. The molecule has 0 aliphatic heterocycles. The van der Waals surface area contributed by atoms with Crippen molar-refractivity contribution in [1.82, 2.24) is 19.9 Å². The Hall–Kier alpha value is -2.20. The Kier molecular flexibility index (Phi) is 3.74. The highest BCUT2D eigenvalue weighted by Gasteiger charge is 2.09. The van der Waals surface area contributed by atoms with Crippen LogP contribution in [0, 0.1) is 0 Å². The summed E-state index contributed by atoms with van der Waals surface area (Å²) in [5, 5.41) is 4.60. The van der Waals surface area contributed by atoms with E-state index in [0.717, 1.165) is 25.3 Å². The van der Waals surface area contributed by atoms with Gasteiger partial charge in [-0.25, -0.2) is 4.98 Å². The summed E-state index contributed by atoms with van der Waals surface area (Å²) in [7, 11) is 0. The van der Waals surface area contributed by atoms with E-state index in [4.69, 9.17) is 0 Å². The number of rotatable bonds is 5. The molecule has 3 heterocycles. The molecule has 0 aromatic carbocycles. The van der Waals surface area contributed by atoms with Gasteiger partial charge in [0.15, 0.2) is 0 Å². The first kappa shape index (κ1) is 12.8. The van der Waals surface area contributed by atoms with Gasteiger partial charge in [0.05, 0.1) is 6.54 Å². The third-order valence-corrected chi connectivity index (χ3v) is 3.36. The highest BCUT2D eigenvalue weighted by atomic mass is 15.0. The summed E-state index contributed by atoms with van der Waals surface area (Å²) in [6, 6.07) is 8.18. The minimum absolute atomic E-state index is 0.799. The summed E-state index contributed by atoms with van der Waals surface area (Å²) in [6.07, 6.45) is 7.73. The van der Waals surface area contributed by atoms with Crippen LogP contribution in [0.2, 0.25) is 0 Å². The average Bonchev–Trinajstić information content (AvgIpc) is 2.85. The molecule has 3 rings (SSSR count). The molecular weight excluding hydrogens is 248 g/mol. The number of pyridine rings is 2. The fourth-order valence-corrected chi connectivity index (χ4v) is 2.40. The quantitative estimate of drug-likeness (QED) is 0.772. The van der Waals surface area contributed by atoms with Crippen LogP contribution in [-0.4, -0.2) is 21.1 Å². The molecule has 0 unspecified atom stereocenters. The fraction of sp³-hybridized carbons (Fsp3) is 0.250. The second-order valence-electron chi connectivity index (χ2n) is 4.80. The van der Waals surface area contributed by atoms with E-state index in [-0.39, 0.29) is 0 Å². The van der Waals surface area contributed by atoms with Crippen LogP contribution >= 0.6 is 0 Å². The molecule has 102 valence electrons. The predicted molar refractivity (Wildman–Crippen MR) is 80.5 cm³/mol. The van der Waals surface area contributed by atoms with E-state index in [1.54, 1.807) is 6.20 Å². The zero-order chi connectivity index (χ0) is 13.8. The van der Waals surface area contributed by atoms with E-state index >= 15 is 0 Å². The largest absolute Gasteiger partial charge is 0.328 e. The van der Waals surface area contributed by atoms with Crippen molar-refractivity contribution in [2.24, 2.45) is 0 Å². The summed E-state index contributed by atoms with van der Waals surface area (Å²) >= 11 is 0. The van der Waals surface area contributed by atoms with Crippen LogP contribution in [0.15, 0.2) is 49.1 Å². The first-order chi connectivity index (χ1) is 9.88. The lowest BCUT2D eigenvalue weighted by molar-refractivity contribution is 0.724. The lowest BCUT2D eigenvalue weighted by atomic mass is 10.2. The first-order valence-corrected chi connectivity index (χ1v) is 6.91. The Balaban J connectivity index is 1.98. The SMILES string of the molecule is CCNCc1cn(Cc2cccnc2)c2ncccc12. The number of hydrogen-bond acceptors (Lipinski definition) is 3. The van der Waals surface area contributed by atoms with Crippen molar-refractivity contribution in [2.75, 3.05) is 6.54 Å². The van der Waals surface area contributed by atoms with Gasteiger partial charge in [0.1, 0.15) is 5.65 Å². The van der Waals surface area contributed by atoms with E-state index in [1.165, 1.54) is 16.5 Å². The van der Waals surface area contributed by atoms with E-state index in [9.17, 15) is 0 Å². The molecule has 4 heteroatoms. The molecule has 0 amide bonds. The van der Waals surface area contributed by atoms with E-state index < -0.39 is 0 Å². The maximum absolute atomic E-state index is 4.52. The Labute approximate surface area is 118 Å². The topological polar surface area (TPSA) is 42.7 Å². The maximum atomic E-state index is 4.52. The van der Waals surface area contributed by atoms with Gasteiger partial charge in [0.25, 0.3) is 0 Å². The van der Waals surface area contributed by atoms with Crippen molar-refractivity contribution in [3.05, 3.63) is 60.2 Å². The van der Waals surface area contributed by atoms with Crippen LogP contribution in [0.25, 0.3) is 11.0 Å². The highest BCUT2D eigenvalue weighted by Crippen LogP contribution is 2.20. The van der Waals surface area contributed by atoms with Gasteiger partial charge in [-0.3, -0.25) is 4.98 Å². The zero-order valence-corrected chi connectivity index (χ0v) is 11.6. The summed E-state index contributed by atoms with van der Waals surface area (Å²) in [6.45, 7) is 4.76. The van der Waals surface area contributed by atoms with Crippen LogP contribution in [-0.2, 0) is 13.1 Å². The number of nitrogens with one attached hydrogen (secondary N) is 1. The molecular formula is C16H18N4. The van der Waals surface area contributed by atoms with Gasteiger partial charge in [-0.1, -0.05) is 13.0 Å². The highest BCUT2D eigenvalue weighted by molar-refractivity contribution is 5.80. The van der Waals surface area contributed by atoms with Gasteiger partial charge in [-0.2, -0.15) is 0 Å². The maximum Gasteiger partial charge on any atom is 0.140 e. The fourth-order valence-electron chi connectivity index (χ4n) is 2.40. The molecule has 0 atom stereocenters. The monoisotopic (exact) mass is 266 g/mol. The molecule has 0 spiro atoms. The number of nitrogens with zero attached hydrogens (tertiary/aromatic N) is 3. The van der Waals surface area contributed by atoms with Crippen molar-refractivity contribution in [3.8, 4) is 0 Å². The molecule has 3 aromatic heterocycles. The summed E-state index contributed by atoms with van der Waals surface area (Å²) < 4.78 is 2.19. The van der Waals surface area contributed by atoms with Gasteiger partial charge >= 0.3 is 0 Å². The molecule has 0 aliphatic carbocycles. The second kappa shape index (κ2) is 5.84. The van der Waals surface area contributed by atoms with Crippen LogP contribution in [0.5, 0.6) is 0 Å². The Morgan fingerprint density at radius 1 is 1.20 bits per heavy atom. The van der Waals surface area contributed by atoms with E-state index in [2.05, 4.69) is 45.1 Å². The van der Waals surface area contributed by atoms with Crippen LogP contribution in [0.1, 0.15) is 18.1 Å². The number of hydrogen-bond donors (Lipinski definition) is 1. The van der Waals surface area contributed by atoms with Crippen LogP contribution < -0.4 is 5.32 Å². The third-order valence-electron chi connectivity index (χ3n) is 3.36. The molecule has 0 fully saturated rings. The van der Waals surface area contributed by atoms with Gasteiger partial charge in [-0.05, 0) is 35.9 Å². The number of fused-ring (bicyclic) bond motifs is 1. The van der Waals surface area contributed by atoms with Gasteiger partial charge in [0, 0.05) is 36.7 Å². The Morgan fingerprint density at radius 2 is 2.10 bits per heavy atom. The van der Waals surface area contributed by atoms with Gasteiger partial charge in [-0.15, -0.1) is 0 Å². The second-order valence-corrected chi connectivity index (χ2v) is 4.80. The van der Waals surface area contributed by atoms with Gasteiger partial charge in [0.2, 0.25) is 0 Å². The molecule has 20 heavy (non-hydrogen) atoms. The molecule has 4 nitrogen and oxygen atoms in total. The van der Waals surface area contributed by atoms with Crippen molar-refractivity contribution in [1.29, 1.82) is 0 Å². The molecule has 0 saturated heterocycles. The summed E-state index contributed by atoms with van der Waals surface area (Å²) in [5.74, 6) is 0. The van der Waals surface area contributed by atoms with Crippen LogP contribution in [0.4, 0.5) is 0 Å². The molecule has 0 aliphatic rings. The predicted octanol–water partition coefficient (Wildman–Crippen LogP) is 2.59. The molecule has 3 aromatic rings. The zero-order valence-electron chi connectivity index (χ0n) is 11.6. The Morgan fingerprint density at radius 3 is 2.90 bits per heavy atom. The van der Waals surface area contributed by atoms with Crippen molar-refractivity contribution >= 4 is 11.0 Å². The van der Waals surface area contributed by atoms with Crippen molar-refractivity contribution < 1.29 is 0 Å². The smallest absolute Gasteiger partial charge is 0.140 e. The number of aromatic nitrogens is 3.